The van der Waals surface area contributed by atoms with E-state index >= 15 is 0 Å². The highest BCUT2D eigenvalue weighted by molar-refractivity contribution is 6.31. The second-order valence-electron chi connectivity index (χ2n) is 26.2. The average molecular weight is 1400 g/mol. The number of nitrogens with two attached hydrogens (primary N) is 1. The van der Waals surface area contributed by atoms with Crippen LogP contribution < -0.4 is 47.7 Å². The monoisotopic (exact) mass is 1400 g/mol. The fourth-order valence-electron chi connectivity index (χ4n) is 13.3. The maximum Gasteiger partial charge on any atom is 0.303 e. The van der Waals surface area contributed by atoms with Gasteiger partial charge in [-0.3, -0.25) is 62.3 Å². The average Bonchev–Trinajstić information content (AvgIpc) is 1.09. The zero-order valence-electron chi connectivity index (χ0n) is 55.4. The summed E-state index contributed by atoms with van der Waals surface area (Å²) in [6, 6.07) is -8.06. The van der Waals surface area contributed by atoms with Gasteiger partial charge in [0.05, 0.1) is 61.4 Å². The highest BCUT2D eigenvalue weighted by Crippen LogP contribution is 2.53. The van der Waals surface area contributed by atoms with Crippen LogP contribution in [0.5, 0.6) is 17.2 Å². The highest BCUT2D eigenvalue weighted by atomic mass is 16.7. The minimum atomic E-state index is -2.51. The number of ketones is 3. The molecule has 2 heterocycles. The second kappa shape index (κ2) is 33.9. The topological polar surface area (TPSA) is 545 Å². The van der Waals surface area contributed by atoms with Crippen LogP contribution in [0.4, 0.5) is 0 Å². The summed E-state index contributed by atoms with van der Waals surface area (Å²) in [6.07, 6.45) is -8.07. The number of benzene rings is 2. The molecule has 0 aromatic heterocycles. The van der Waals surface area contributed by atoms with E-state index < -0.39 is 242 Å². The van der Waals surface area contributed by atoms with Gasteiger partial charge in [0.25, 0.3) is 0 Å². The number of carbonyl (C=O) groups is 13. The number of fused-ring (bicyclic) bond motifs is 3. The quantitative estimate of drug-likeness (QED) is 0.0275. The first-order valence-electron chi connectivity index (χ1n) is 32.8. The van der Waals surface area contributed by atoms with E-state index in [9.17, 15) is 103 Å². The molecule has 2 aromatic carbocycles. The Kier molecular flexibility index (Phi) is 26.5. The van der Waals surface area contributed by atoms with Crippen molar-refractivity contribution in [3.05, 3.63) is 51.6 Å². The summed E-state index contributed by atoms with van der Waals surface area (Å²) in [5, 5.41) is 115. The molecule has 9 amide bonds. The Morgan fingerprint density at radius 3 is 1.97 bits per heavy atom. The lowest BCUT2D eigenvalue weighted by atomic mass is 9.72. The van der Waals surface area contributed by atoms with Gasteiger partial charge in [0.2, 0.25) is 58.9 Å². The number of hydrogen-bond acceptors (Lipinski definition) is 24. The number of rotatable bonds is 31. The van der Waals surface area contributed by atoms with E-state index in [0.717, 1.165) is 11.3 Å². The largest absolute Gasteiger partial charge is 0.507 e. The first-order chi connectivity index (χ1) is 46.8. The molecule has 2 aromatic rings. The molecule has 0 spiro atoms. The first-order valence-corrected chi connectivity index (χ1v) is 32.8. The van der Waals surface area contributed by atoms with Gasteiger partial charge >= 0.3 is 5.97 Å². The number of ether oxygens (including phenoxy) is 3. The number of primary amides is 1. The standard InChI is InChI=1S/C65H89N9O25/c1-28(2)19-37(60(91)69-36-21-47(98-30(4)53(36)84)99-42-23-65(96,43(79)27-77)22-34-49(42)57(88)51-50(55(34)86)54(85)33-13-9-14-41(97-5)48(33)56(51)87)70-61(92)38(25-75)72-59(90)35(17-18-44(66)80)68-64(95)52(31-11-7-6-8-12-31)73-62(93)39(26-76)71-58(89)29(3)67-63(94)40-20-32(78)24-74(40)45(81)15-10-16-46(82)83/h9,13-14,28-32,35-40,42,47,52-53,75-78,84,86,88,96H,6-8,10-12,15-27H2,1-5H3,(H2,66,80)(H,67,94)(H,68,95)(H,69,91)(H,70,92)(H,71,89)(H,72,90)(H,73,93)(H,82,83)/t29-,30-,32?,35-,36-,37-,38-,39-,40-,42+,47-,52-,53+,65-/m0/s1. The van der Waals surface area contributed by atoms with Gasteiger partial charge in [-0.15, -0.1) is 0 Å². The van der Waals surface area contributed by atoms with Crippen LogP contribution in [0, 0.1) is 11.8 Å². The Hall–Kier alpha value is -8.77. The van der Waals surface area contributed by atoms with Gasteiger partial charge in [-0.25, -0.2) is 0 Å². The molecule has 1 saturated carbocycles. The Morgan fingerprint density at radius 1 is 0.737 bits per heavy atom. The number of hydrogen-bond donors (Lipinski definition) is 17. The van der Waals surface area contributed by atoms with Crippen LogP contribution in [0.15, 0.2) is 18.2 Å². The number of aliphatic carboxylic acids is 1. The van der Waals surface area contributed by atoms with Crippen LogP contribution in [0.1, 0.15) is 167 Å². The molecule has 0 radical (unpaired) electrons. The Labute approximate surface area is 567 Å². The summed E-state index contributed by atoms with van der Waals surface area (Å²) in [5.74, 6) is -15.4. The zero-order chi connectivity index (χ0) is 73.1. The maximum absolute atomic E-state index is 14.4. The van der Waals surface area contributed by atoms with E-state index in [2.05, 4.69) is 37.2 Å². The summed E-state index contributed by atoms with van der Waals surface area (Å²) in [6.45, 7) is 2.46. The molecule has 7 rings (SSSR count). The third-order valence-corrected chi connectivity index (χ3v) is 18.5. The van der Waals surface area contributed by atoms with E-state index in [1.165, 1.54) is 39.2 Å². The van der Waals surface area contributed by atoms with Gasteiger partial charge in [0, 0.05) is 68.2 Å². The maximum atomic E-state index is 14.4. The number of amides is 9. The van der Waals surface area contributed by atoms with Crippen LogP contribution in [0.2, 0.25) is 0 Å². The number of likely N-dealkylation sites (tertiary alicyclic amines) is 1. The van der Waals surface area contributed by atoms with E-state index in [1.807, 2.05) is 0 Å². The van der Waals surface area contributed by atoms with Crippen molar-refractivity contribution < 1.29 is 122 Å². The molecule has 1 unspecified atom stereocenters. The Bertz CT molecular complexity index is 3430. The van der Waals surface area contributed by atoms with E-state index in [4.69, 9.17) is 25.1 Å². The molecule has 544 valence electrons. The minimum Gasteiger partial charge on any atom is -0.507 e. The van der Waals surface area contributed by atoms with Crippen LogP contribution in [0.25, 0.3) is 0 Å². The fourth-order valence-corrected chi connectivity index (χ4v) is 13.3. The van der Waals surface area contributed by atoms with Crippen molar-refractivity contribution >= 4 is 76.5 Å². The number of nitrogens with one attached hydrogen (secondary N) is 7. The van der Waals surface area contributed by atoms with Crippen molar-refractivity contribution in [2.45, 2.75) is 209 Å². The van der Waals surface area contributed by atoms with E-state index in [1.54, 1.807) is 13.8 Å². The SMILES string of the molecule is COc1cccc2c1C(=O)c1c(O)c3c(c(O)c1C2=O)C[C@@](O)(C(=O)CO)C[C@H]3O[C@H]1C[C@H](NC(=O)[C@H](CC(C)C)NC(=O)[C@H](CO)NC(=O)[C@H](CCC(N)=O)NC(=O)[C@@H](NC(=O)[C@H](CO)NC(=O)[C@H](C)NC(=O)[C@@H]2CC(O)CN2C(=O)CCCC(=O)O)C2CCCCC2)[C@H](O)[C@H](C)O1. The van der Waals surface area contributed by atoms with Crippen LogP contribution in [-0.2, 0) is 68.6 Å². The minimum absolute atomic E-state index is 0.0279. The molecule has 34 nitrogen and oxygen atoms in total. The third kappa shape index (κ3) is 18.4. The lowest BCUT2D eigenvalue weighted by Gasteiger charge is -2.43. The van der Waals surface area contributed by atoms with Gasteiger partial charge in [-0.1, -0.05) is 45.2 Å². The number of aliphatic hydroxyl groups is 6. The number of Topliss-reactive ketones (excluding diaryl/α,β-unsaturated/α-hetero) is 1. The number of phenolic OH excluding ortho intramolecular Hbond substituents is 2. The molecule has 18 N–H and O–H groups in total. The molecule has 34 heteroatoms. The number of nitrogens with zero attached hydrogens (tertiary/aromatic N) is 1. The third-order valence-electron chi connectivity index (χ3n) is 18.5. The number of carboxylic acid groups (broad SMARTS) is 1. The number of carbonyl (C=O) groups excluding carboxylic acids is 12. The molecule has 14 atom stereocenters. The number of carboxylic acids is 1. The molecule has 3 fully saturated rings. The number of β-amino-alcohol motifs (C(OH)–C–C–N with tert-alkyl or cyclic N) is 1. The van der Waals surface area contributed by atoms with Crippen molar-refractivity contribution in [3.63, 3.8) is 0 Å². The van der Waals surface area contributed by atoms with Crippen LogP contribution in [0.3, 0.4) is 0 Å². The van der Waals surface area contributed by atoms with Gasteiger partial charge < -0.3 is 108 Å². The van der Waals surface area contributed by atoms with Crippen LogP contribution >= 0.6 is 0 Å². The van der Waals surface area contributed by atoms with Gasteiger partial charge in [0.15, 0.2) is 17.9 Å². The van der Waals surface area contributed by atoms with Crippen molar-refractivity contribution in [2.24, 2.45) is 17.6 Å². The number of aromatic hydroxyl groups is 2. The molecule has 2 saturated heterocycles. The van der Waals surface area contributed by atoms with Crippen molar-refractivity contribution in [3.8, 4) is 17.2 Å². The molecule has 3 aliphatic carbocycles. The summed E-state index contributed by atoms with van der Waals surface area (Å²) in [4.78, 5) is 176. The van der Waals surface area contributed by atoms with Gasteiger partial charge in [0.1, 0.15) is 77.9 Å². The molecule has 99 heavy (non-hydrogen) atoms. The summed E-state index contributed by atoms with van der Waals surface area (Å²) < 4.78 is 17.7. The van der Waals surface area contributed by atoms with Crippen LogP contribution in [-0.4, -0.2) is 239 Å². The highest BCUT2D eigenvalue weighted by Gasteiger charge is 2.51. The van der Waals surface area contributed by atoms with E-state index in [-0.39, 0.29) is 72.6 Å². The fraction of sp³-hybridized carbons (Fsp3) is 0.615. The smallest absolute Gasteiger partial charge is 0.303 e. The van der Waals surface area contributed by atoms with Gasteiger partial charge in [-0.2, -0.15) is 0 Å². The molecular formula is C65H89N9O25. The van der Waals surface area contributed by atoms with Crippen molar-refractivity contribution in [1.82, 2.24) is 42.1 Å². The first kappa shape index (κ1) is 77.6. The number of methoxy groups -OCH3 is 1. The predicted octanol–water partition coefficient (Wildman–Crippen LogP) is -3.82. The molecular weight excluding hydrogens is 1310 g/mol. The zero-order valence-corrected chi connectivity index (χ0v) is 55.4. The molecule has 2 aliphatic heterocycles. The second-order valence-corrected chi connectivity index (χ2v) is 26.2. The summed E-state index contributed by atoms with van der Waals surface area (Å²) in [7, 11) is 1.25. The van der Waals surface area contributed by atoms with E-state index in [0.29, 0.717) is 25.7 Å². The number of phenols is 2. The Balaban J connectivity index is 1.03. The van der Waals surface area contributed by atoms with Gasteiger partial charge in [-0.05, 0) is 63.9 Å². The lowest BCUT2D eigenvalue weighted by Crippen LogP contribution is -2.62. The van der Waals surface area contributed by atoms with Crippen molar-refractivity contribution in [2.75, 3.05) is 33.5 Å². The predicted molar refractivity (Wildman–Crippen MR) is 339 cm³/mol. The Morgan fingerprint density at radius 2 is 1.35 bits per heavy atom. The summed E-state index contributed by atoms with van der Waals surface area (Å²) >= 11 is 0. The number of aliphatic hydroxyl groups excluding tert-OH is 5. The molecule has 5 aliphatic rings. The lowest BCUT2D eigenvalue weighted by molar-refractivity contribution is -0.249. The molecule has 0 bridgehead atoms. The summed E-state index contributed by atoms with van der Waals surface area (Å²) in [5.41, 5.74) is 0.557. The van der Waals surface area contributed by atoms with Crippen molar-refractivity contribution in [1.29, 1.82) is 0 Å². The normalized spacial score (nSPS) is 23.8.